The van der Waals surface area contributed by atoms with Crippen molar-refractivity contribution >= 4 is 15.1 Å². The van der Waals surface area contributed by atoms with Gasteiger partial charge in [-0.15, -0.1) is 0 Å². The van der Waals surface area contributed by atoms with E-state index in [0.29, 0.717) is 11.8 Å². The zero-order valence-electron chi connectivity index (χ0n) is 31.7. The highest BCUT2D eigenvalue weighted by Gasteiger charge is 2.52. The first kappa shape index (κ1) is 32.8. The molecule has 0 amide bonds. The van der Waals surface area contributed by atoms with Gasteiger partial charge in [-0.05, 0) is 114 Å². The second-order valence-corrected chi connectivity index (χ2v) is 19.7. The molecule has 0 bridgehead atoms. The minimum Gasteiger partial charge on any atom is -0.0802 e. The smallest absolute Gasteiger partial charge is 0.0713 e. The van der Waals surface area contributed by atoms with Crippen LogP contribution in [0, 0.1) is 24.7 Å². The minimum atomic E-state index is -0.428. The monoisotopic (exact) mass is 658 g/mol. The van der Waals surface area contributed by atoms with Crippen LogP contribution in [0.25, 0.3) is 16.7 Å². The van der Waals surface area contributed by atoms with Crippen LogP contribution in [0.4, 0.5) is 0 Å². The van der Waals surface area contributed by atoms with Crippen molar-refractivity contribution in [3.05, 3.63) is 147 Å². The molecule has 250 valence electrons. The SMILES string of the molecule is C[Si]C1C(C)CC2C=CC3=C(C21)C(C)(C)c1cc(C2(c4ccc(C)cc4)c4cc(C(C)(C)C)ccc4-c4ccc(C(C)(C)C)cc42)ccc13. The lowest BCUT2D eigenvalue weighted by atomic mass is 9.65. The second kappa shape index (κ2) is 10.8. The lowest BCUT2D eigenvalue weighted by Crippen LogP contribution is -2.31. The normalized spacial score (nSPS) is 24.4. The van der Waals surface area contributed by atoms with Gasteiger partial charge in [0.05, 0.1) is 5.41 Å². The molecular formula is C48H54Si. The molecule has 4 aliphatic carbocycles. The number of rotatable bonds is 3. The van der Waals surface area contributed by atoms with E-state index in [4.69, 9.17) is 0 Å². The van der Waals surface area contributed by atoms with E-state index < -0.39 is 5.41 Å². The topological polar surface area (TPSA) is 0 Å². The van der Waals surface area contributed by atoms with Crippen molar-refractivity contribution in [3.63, 3.8) is 0 Å². The van der Waals surface area contributed by atoms with Gasteiger partial charge in [-0.25, -0.2) is 0 Å². The van der Waals surface area contributed by atoms with Crippen LogP contribution in [-0.2, 0) is 21.7 Å². The number of fused-ring (bicyclic) bond motifs is 7. The third-order valence-electron chi connectivity index (χ3n) is 13.0. The maximum atomic E-state index is 2.66. The Hall–Kier alpha value is -3.42. The van der Waals surface area contributed by atoms with Crippen molar-refractivity contribution < 1.29 is 0 Å². The predicted octanol–water partition coefficient (Wildman–Crippen LogP) is 12.4. The van der Waals surface area contributed by atoms with E-state index in [-0.39, 0.29) is 16.2 Å². The first-order chi connectivity index (χ1) is 23.1. The first-order valence-corrected chi connectivity index (χ1v) is 20.3. The van der Waals surface area contributed by atoms with Crippen LogP contribution in [0.1, 0.15) is 119 Å². The van der Waals surface area contributed by atoms with E-state index >= 15 is 0 Å². The van der Waals surface area contributed by atoms with Gasteiger partial charge in [0, 0.05) is 14.9 Å². The van der Waals surface area contributed by atoms with E-state index in [0.717, 1.165) is 21.0 Å². The lowest BCUT2D eigenvalue weighted by molar-refractivity contribution is 0.448. The van der Waals surface area contributed by atoms with E-state index in [1.165, 1.54) is 73.2 Å². The molecule has 0 saturated heterocycles. The highest BCUT2D eigenvalue weighted by Crippen LogP contribution is 2.63. The Balaban J connectivity index is 1.43. The fourth-order valence-electron chi connectivity index (χ4n) is 10.4. The fraction of sp³-hybridized carbons (Fsp3) is 0.417. The van der Waals surface area contributed by atoms with Gasteiger partial charge in [0.25, 0.3) is 0 Å². The molecule has 0 spiro atoms. The Morgan fingerprint density at radius 3 is 1.78 bits per heavy atom. The molecule has 1 saturated carbocycles. The molecule has 49 heavy (non-hydrogen) atoms. The van der Waals surface area contributed by atoms with E-state index in [9.17, 15) is 0 Å². The van der Waals surface area contributed by atoms with Crippen LogP contribution in [0.2, 0.25) is 12.1 Å². The van der Waals surface area contributed by atoms with Crippen molar-refractivity contribution in [3.8, 4) is 11.1 Å². The van der Waals surface area contributed by atoms with Crippen molar-refractivity contribution in [1.29, 1.82) is 0 Å². The molecule has 0 nitrogen and oxygen atoms in total. The summed E-state index contributed by atoms with van der Waals surface area (Å²) in [4.78, 5) is 0. The molecule has 0 N–H and O–H groups in total. The van der Waals surface area contributed by atoms with Gasteiger partial charge in [0.1, 0.15) is 0 Å². The van der Waals surface area contributed by atoms with Crippen LogP contribution in [0.5, 0.6) is 0 Å². The second-order valence-electron chi connectivity index (χ2n) is 18.4. The van der Waals surface area contributed by atoms with Gasteiger partial charge in [0.15, 0.2) is 0 Å². The highest BCUT2D eigenvalue weighted by molar-refractivity contribution is 6.36. The van der Waals surface area contributed by atoms with Gasteiger partial charge in [-0.3, -0.25) is 0 Å². The average molecular weight is 659 g/mol. The summed E-state index contributed by atoms with van der Waals surface area (Å²) < 4.78 is 0. The Labute approximate surface area is 299 Å². The molecule has 0 heterocycles. The van der Waals surface area contributed by atoms with Crippen LogP contribution in [0.3, 0.4) is 0 Å². The zero-order chi connectivity index (χ0) is 34.8. The van der Waals surface area contributed by atoms with Crippen molar-refractivity contribution in [2.75, 3.05) is 0 Å². The fourth-order valence-corrected chi connectivity index (χ4v) is 11.9. The maximum Gasteiger partial charge on any atom is 0.0713 e. The first-order valence-electron chi connectivity index (χ1n) is 18.7. The third kappa shape index (κ3) is 4.60. The predicted molar refractivity (Wildman–Crippen MR) is 211 cm³/mol. The molecule has 4 unspecified atom stereocenters. The molecule has 4 atom stereocenters. The molecule has 4 aromatic carbocycles. The molecule has 0 aromatic heterocycles. The van der Waals surface area contributed by atoms with E-state index in [2.05, 4.69) is 167 Å². The minimum absolute atomic E-state index is 0.0183. The summed E-state index contributed by atoms with van der Waals surface area (Å²) in [6, 6.07) is 31.9. The van der Waals surface area contributed by atoms with Crippen LogP contribution >= 0.6 is 0 Å². The van der Waals surface area contributed by atoms with E-state index in [1.54, 1.807) is 5.57 Å². The number of hydrogen-bond acceptors (Lipinski definition) is 0. The number of allylic oxidation sites excluding steroid dienone is 4. The van der Waals surface area contributed by atoms with Gasteiger partial charge in [0.2, 0.25) is 0 Å². The Morgan fingerprint density at radius 1 is 0.673 bits per heavy atom. The van der Waals surface area contributed by atoms with Crippen LogP contribution in [-0.4, -0.2) is 9.52 Å². The molecule has 2 radical (unpaired) electrons. The molecule has 4 aromatic rings. The van der Waals surface area contributed by atoms with Gasteiger partial charge >= 0.3 is 0 Å². The molecular weight excluding hydrogens is 605 g/mol. The van der Waals surface area contributed by atoms with Crippen LogP contribution in [0.15, 0.2) is 96.6 Å². The summed E-state index contributed by atoms with van der Waals surface area (Å²) in [6.45, 7) is 26.4. The Bertz CT molecular complexity index is 1990. The van der Waals surface area contributed by atoms with Gasteiger partial charge in [-0.2, -0.15) is 0 Å². The molecule has 1 heteroatoms. The average Bonchev–Trinajstić information content (AvgIpc) is 3.62. The summed E-state index contributed by atoms with van der Waals surface area (Å²) in [5.74, 6) is 2.13. The van der Waals surface area contributed by atoms with Crippen molar-refractivity contribution in [2.24, 2.45) is 17.8 Å². The van der Waals surface area contributed by atoms with Crippen molar-refractivity contribution in [1.82, 2.24) is 0 Å². The summed E-state index contributed by atoms with van der Waals surface area (Å²) in [5.41, 5.74) is 19.1. The molecule has 0 aliphatic heterocycles. The molecule has 1 fully saturated rings. The van der Waals surface area contributed by atoms with Gasteiger partial charge < -0.3 is 0 Å². The van der Waals surface area contributed by atoms with E-state index in [1.807, 2.05) is 0 Å². The summed E-state index contributed by atoms with van der Waals surface area (Å²) in [5, 5.41) is 0. The third-order valence-corrected chi connectivity index (χ3v) is 14.6. The Morgan fingerprint density at radius 2 is 1.22 bits per heavy atom. The zero-order valence-corrected chi connectivity index (χ0v) is 32.7. The summed E-state index contributed by atoms with van der Waals surface area (Å²) in [7, 11) is 0.987. The number of hydrogen-bond donors (Lipinski definition) is 0. The quantitative estimate of drug-likeness (QED) is 0.169. The highest BCUT2D eigenvalue weighted by atomic mass is 28.2. The summed E-state index contributed by atoms with van der Waals surface area (Å²) in [6.07, 6.45) is 6.43. The molecule has 4 aliphatic rings. The Kier molecular flexibility index (Phi) is 7.21. The molecule has 8 rings (SSSR count). The number of aryl methyl sites for hydroxylation is 1. The van der Waals surface area contributed by atoms with Gasteiger partial charge in [-0.1, -0.05) is 165 Å². The van der Waals surface area contributed by atoms with Crippen molar-refractivity contribution in [2.45, 2.75) is 109 Å². The lowest BCUT2D eigenvalue weighted by Gasteiger charge is -2.38. The maximum absolute atomic E-state index is 2.66. The standard InChI is InChI=1S/C48H54Si/c1-28-12-15-31(16-13-28)48(40-25-32(45(3,4)5)17-21-35(40)36-22-18-33(26-41(36)48)46(6,7)8)34-19-23-37-38-20-14-30-24-29(2)44(49-11)42(30)43(38)47(9,10)39(37)27-34/h12-23,25-27,29-30,42,44H,24H2,1-11H3. The van der Waals surface area contributed by atoms with Crippen LogP contribution < -0.4 is 0 Å². The summed E-state index contributed by atoms with van der Waals surface area (Å²) >= 11 is 0. The largest absolute Gasteiger partial charge is 0.0802 e. The number of benzene rings is 4.